The van der Waals surface area contributed by atoms with Crippen molar-refractivity contribution in [3.63, 3.8) is 0 Å². The molecule has 0 saturated heterocycles. The molecule has 92 valence electrons. The summed E-state index contributed by atoms with van der Waals surface area (Å²) in [5.41, 5.74) is 2.31. The fourth-order valence-corrected chi connectivity index (χ4v) is 2.83. The largest absolute Gasteiger partial charge is 0.307 e. The van der Waals surface area contributed by atoms with Gasteiger partial charge in [0.25, 0.3) is 0 Å². The highest BCUT2D eigenvalue weighted by Gasteiger charge is 2.18. The van der Waals surface area contributed by atoms with Gasteiger partial charge in [0.2, 0.25) is 0 Å². The van der Waals surface area contributed by atoms with Crippen molar-refractivity contribution in [1.29, 1.82) is 0 Å². The summed E-state index contributed by atoms with van der Waals surface area (Å²) in [4.78, 5) is 4.69. The van der Waals surface area contributed by atoms with Crippen molar-refractivity contribution < 1.29 is 0 Å². The highest BCUT2D eigenvalue weighted by molar-refractivity contribution is 7.09. The van der Waals surface area contributed by atoms with Crippen LogP contribution in [0.2, 0.25) is 0 Å². The van der Waals surface area contributed by atoms with E-state index in [1.54, 1.807) is 11.3 Å². The van der Waals surface area contributed by atoms with Gasteiger partial charge in [-0.15, -0.1) is 11.3 Å². The molecule has 0 aliphatic heterocycles. The topological polar surface area (TPSA) is 42.7 Å². The molecule has 1 N–H and O–H groups in total. The molecule has 17 heavy (non-hydrogen) atoms. The monoisotopic (exact) mass is 250 g/mol. The minimum Gasteiger partial charge on any atom is -0.307 e. The zero-order chi connectivity index (χ0) is 12.4. The Morgan fingerprint density at radius 2 is 2.18 bits per heavy atom. The van der Waals surface area contributed by atoms with E-state index in [1.165, 1.54) is 0 Å². The summed E-state index contributed by atoms with van der Waals surface area (Å²) in [5.74, 6) is 0.478. The van der Waals surface area contributed by atoms with Crippen molar-refractivity contribution in [1.82, 2.24) is 20.1 Å². The van der Waals surface area contributed by atoms with Gasteiger partial charge >= 0.3 is 0 Å². The average Bonchev–Trinajstić information content (AvgIpc) is 2.89. The number of thiazole rings is 1. The van der Waals surface area contributed by atoms with Crippen LogP contribution in [0.15, 0.2) is 17.8 Å². The van der Waals surface area contributed by atoms with Crippen molar-refractivity contribution in [3.8, 4) is 0 Å². The number of nitrogens with zero attached hydrogens (tertiary/aromatic N) is 3. The Hall–Kier alpha value is -1.20. The van der Waals surface area contributed by atoms with Crippen LogP contribution in [0.25, 0.3) is 0 Å². The Balaban J connectivity index is 2.28. The molecule has 0 aliphatic carbocycles. The minimum atomic E-state index is 0.140. The molecule has 2 aromatic rings. The summed E-state index contributed by atoms with van der Waals surface area (Å²) >= 11 is 1.70. The van der Waals surface area contributed by atoms with E-state index < -0.39 is 0 Å². The summed E-state index contributed by atoms with van der Waals surface area (Å²) < 4.78 is 1.82. The maximum absolute atomic E-state index is 4.69. The number of rotatable bonds is 4. The smallest absolute Gasteiger partial charge is 0.115 e. The van der Waals surface area contributed by atoms with Crippen LogP contribution < -0.4 is 5.32 Å². The molecule has 0 saturated carbocycles. The average molecular weight is 250 g/mol. The van der Waals surface area contributed by atoms with Gasteiger partial charge in [-0.2, -0.15) is 5.10 Å². The van der Waals surface area contributed by atoms with Gasteiger partial charge in [0.1, 0.15) is 5.01 Å². The molecule has 4 nitrogen and oxygen atoms in total. The number of hydrogen-bond acceptors (Lipinski definition) is 4. The molecule has 2 rings (SSSR count). The van der Waals surface area contributed by atoms with Crippen molar-refractivity contribution >= 4 is 11.3 Å². The van der Waals surface area contributed by atoms with E-state index in [0.717, 1.165) is 16.3 Å². The molecule has 0 fully saturated rings. The lowest BCUT2D eigenvalue weighted by Gasteiger charge is -2.10. The van der Waals surface area contributed by atoms with Crippen LogP contribution >= 0.6 is 11.3 Å². The Morgan fingerprint density at radius 1 is 1.41 bits per heavy atom. The fraction of sp³-hybridized carbons (Fsp3) is 0.500. The standard InChI is InChI=1S/C12H18N4S/c1-8(2)10-7-17-12(15-10)11(13-3)9-5-14-16(4)6-9/h5-8,11,13H,1-4H3. The highest BCUT2D eigenvalue weighted by atomic mass is 32.1. The van der Waals surface area contributed by atoms with Crippen LogP contribution in [-0.4, -0.2) is 21.8 Å². The first-order chi connectivity index (χ1) is 8.11. The van der Waals surface area contributed by atoms with Gasteiger partial charge in [0, 0.05) is 24.2 Å². The molecule has 2 heterocycles. The molecule has 0 aromatic carbocycles. The van der Waals surface area contributed by atoms with Crippen LogP contribution in [0, 0.1) is 0 Å². The van der Waals surface area contributed by atoms with Gasteiger partial charge in [-0.25, -0.2) is 4.98 Å². The first-order valence-electron chi connectivity index (χ1n) is 5.73. The highest BCUT2D eigenvalue weighted by Crippen LogP contribution is 2.26. The molecule has 0 bridgehead atoms. The molecular formula is C12H18N4S. The third kappa shape index (κ3) is 2.56. The lowest BCUT2D eigenvalue weighted by atomic mass is 10.1. The second-order valence-electron chi connectivity index (χ2n) is 4.43. The summed E-state index contributed by atoms with van der Waals surface area (Å²) in [6.45, 7) is 4.33. The van der Waals surface area contributed by atoms with Crippen molar-refractivity contribution in [2.24, 2.45) is 7.05 Å². The van der Waals surface area contributed by atoms with Crippen LogP contribution in [-0.2, 0) is 7.05 Å². The van der Waals surface area contributed by atoms with E-state index in [0.29, 0.717) is 5.92 Å². The second kappa shape index (κ2) is 4.98. The summed E-state index contributed by atoms with van der Waals surface area (Å²) in [7, 11) is 3.88. The van der Waals surface area contributed by atoms with E-state index in [2.05, 4.69) is 34.6 Å². The molecule has 0 radical (unpaired) electrons. The minimum absolute atomic E-state index is 0.140. The Bertz CT molecular complexity index is 486. The normalized spacial score (nSPS) is 13.2. The van der Waals surface area contributed by atoms with Gasteiger partial charge < -0.3 is 5.32 Å². The molecule has 0 spiro atoms. The molecule has 1 atom stereocenters. The van der Waals surface area contributed by atoms with Gasteiger partial charge in [0.15, 0.2) is 0 Å². The lowest BCUT2D eigenvalue weighted by molar-refractivity contribution is 0.677. The molecule has 1 unspecified atom stereocenters. The molecular weight excluding hydrogens is 232 g/mol. The van der Waals surface area contributed by atoms with Crippen LogP contribution in [0.3, 0.4) is 0 Å². The third-order valence-corrected chi connectivity index (χ3v) is 3.65. The zero-order valence-electron chi connectivity index (χ0n) is 10.6. The van der Waals surface area contributed by atoms with Crippen LogP contribution in [0.5, 0.6) is 0 Å². The van der Waals surface area contributed by atoms with E-state index in [4.69, 9.17) is 0 Å². The van der Waals surface area contributed by atoms with E-state index in [-0.39, 0.29) is 6.04 Å². The SMILES string of the molecule is CNC(c1cnn(C)c1)c1nc(C(C)C)cs1. The van der Waals surface area contributed by atoms with Gasteiger partial charge in [-0.05, 0) is 13.0 Å². The van der Waals surface area contributed by atoms with Crippen LogP contribution in [0.1, 0.15) is 42.1 Å². The molecule has 0 amide bonds. The Labute approximate surface area is 106 Å². The Morgan fingerprint density at radius 3 is 2.65 bits per heavy atom. The van der Waals surface area contributed by atoms with E-state index in [1.807, 2.05) is 31.2 Å². The number of aromatic nitrogens is 3. The van der Waals surface area contributed by atoms with Crippen molar-refractivity contribution in [2.75, 3.05) is 7.05 Å². The van der Waals surface area contributed by atoms with E-state index in [9.17, 15) is 0 Å². The summed E-state index contributed by atoms with van der Waals surface area (Å²) in [5, 5.41) is 10.7. The lowest BCUT2D eigenvalue weighted by Crippen LogP contribution is -2.17. The molecule has 2 aromatic heterocycles. The first kappa shape index (κ1) is 12.3. The number of hydrogen-bond donors (Lipinski definition) is 1. The molecule has 5 heteroatoms. The van der Waals surface area contributed by atoms with E-state index >= 15 is 0 Å². The predicted octanol–water partition coefficient (Wildman–Crippen LogP) is 2.31. The summed E-state index contributed by atoms with van der Waals surface area (Å²) in [6, 6.07) is 0.140. The van der Waals surface area contributed by atoms with Gasteiger partial charge in [-0.1, -0.05) is 13.8 Å². The number of nitrogens with one attached hydrogen (secondary N) is 1. The van der Waals surface area contributed by atoms with Gasteiger partial charge in [-0.3, -0.25) is 4.68 Å². The van der Waals surface area contributed by atoms with Crippen molar-refractivity contribution in [3.05, 3.63) is 34.0 Å². The van der Waals surface area contributed by atoms with Crippen LogP contribution in [0.4, 0.5) is 0 Å². The third-order valence-electron chi connectivity index (χ3n) is 2.73. The quantitative estimate of drug-likeness (QED) is 0.905. The second-order valence-corrected chi connectivity index (χ2v) is 5.32. The Kier molecular flexibility index (Phi) is 3.59. The summed E-state index contributed by atoms with van der Waals surface area (Å²) in [6.07, 6.45) is 3.91. The maximum atomic E-state index is 4.69. The van der Waals surface area contributed by atoms with Crippen molar-refractivity contribution in [2.45, 2.75) is 25.8 Å². The fourth-order valence-electron chi connectivity index (χ4n) is 1.72. The van der Waals surface area contributed by atoms with Gasteiger partial charge in [0.05, 0.1) is 17.9 Å². The predicted molar refractivity (Wildman–Crippen MR) is 70.3 cm³/mol. The molecule has 0 aliphatic rings. The maximum Gasteiger partial charge on any atom is 0.115 e. The first-order valence-corrected chi connectivity index (χ1v) is 6.61. The zero-order valence-corrected chi connectivity index (χ0v) is 11.5. The number of aryl methyl sites for hydroxylation is 1.